The van der Waals surface area contributed by atoms with Crippen molar-refractivity contribution in [1.82, 2.24) is 0 Å². The molecule has 0 unspecified atom stereocenters. The van der Waals surface area contributed by atoms with E-state index < -0.39 is 17.6 Å². The second-order valence-electron chi connectivity index (χ2n) is 5.49. The van der Waals surface area contributed by atoms with Gasteiger partial charge in [0.1, 0.15) is 0 Å². The first-order chi connectivity index (χ1) is 12.5. The number of allylic oxidation sites excluding steroid dienone is 4. The standard InChI is InChI=1S/C19H15NO5S/c1-11(21)24-17-15(22)16(13-9-5-6-10-14(13)26)25-19(17)20-18(23)12-7-3-2-4-8-12/h2-9,22H,10H2,1H3,(H,20,23). The molecule has 0 fully saturated rings. The van der Waals surface area contributed by atoms with Crippen LogP contribution in [0.25, 0.3) is 5.57 Å². The van der Waals surface area contributed by atoms with Gasteiger partial charge in [-0.3, -0.25) is 14.9 Å². The van der Waals surface area contributed by atoms with Gasteiger partial charge >= 0.3 is 5.97 Å². The molecule has 0 atom stereocenters. The van der Waals surface area contributed by atoms with E-state index in [-0.39, 0.29) is 17.4 Å². The van der Waals surface area contributed by atoms with Crippen molar-refractivity contribution in [2.24, 2.45) is 0 Å². The van der Waals surface area contributed by atoms with E-state index >= 15 is 0 Å². The lowest BCUT2D eigenvalue weighted by molar-refractivity contribution is -0.132. The van der Waals surface area contributed by atoms with Gasteiger partial charge < -0.3 is 14.3 Å². The fraction of sp³-hybridized carbons (Fsp3) is 0.105. The second-order valence-corrected chi connectivity index (χ2v) is 5.98. The summed E-state index contributed by atoms with van der Waals surface area (Å²) < 4.78 is 10.6. The highest BCUT2D eigenvalue weighted by molar-refractivity contribution is 7.81. The fourth-order valence-corrected chi connectivity index (χ4v) is 2.68. The summed E-state index contributed by atoms with van der Waals surface area (Å²) in [7, 11) is 0. The molecule has 0 spiro atoms. The lowest BCUT2D eigenvalue weighted by Gasteiger charge is -2.07. The molecule has 1 heterocycles. The maximum atomic E-state index is 12.4. The van der Waals surface area contributed by atoms with Crippen LogP contribution in [0.3, 0.4) is 0 Å². The minimum absolute atomic E-state index is 0.0407. The van der Waals surface area contributed by atoms with Crippen molar-refractivity contribution in [1.29, 1.82) is 0 Å². The summed E-state index contributed by atoms with van der Waals surface area (Å²) >= 11 is 5.29. The van der Waals surface area contributed by atoms with Gasteiger partial charge in [-0.25, -0.2) is 0 Å². The number of esters is 1. The van der Waals surface area contributed by atoms with E-state index in [2.05, 4.69) is 5.32 Å². The highest BCUT2D eigenvalue weighted by Crippen LogP contribution is 2.45. The van der Waals surface area contributed by atoms with Crippen LogP contribution < -0.4 is 10.1 Å². The topological polar surface area (TPSA) is 88.8 Å². The van der Waals surface area contributed by atoms with Crippen LogP contribution in [-0.2, 0) is 4.79 Å². The normalized spacial score (nSPS) is 13.3. The number of ether oxygens (including phenoxy) is 1. The van der Waals surface area contributed by atoms with E-state index in [1.165, 1.54) is 6.92 Å². The third kappa shape index (κ3) is 3.57. The second kappa shape index (κ2) is 7.37. The van der Waals surface area contributed by atoms with Crippen molar-refractivity contribution in [3.63, 3.8) is 0 Å². The SMILES string of the molecule is CC(=O)Oc1c(NC(=O)c2ccccc2)oc(C2=CC=CCC2=S)c1O. The molecule has 1 amide bonds. The van der Waals surface area contributed by atoms with Crippen molar-refractivity contribution >= 4 is 40.4 Å². The molecule has 0 radical (unpaired) electrons. The molecular formula is C19H15NO5S. The number of hydrogen-bond acceptors (Lipinski definition) is 6. The minimum Gasteiger partial charge on any atom is -0.502 e. The molecule has 0 bridgehead atoms. The Hall–Kier alpha value is -3.19. The van der Waals surface area contributed by atoms with Crippen LogP contribution >= 0.6 is 12.2 Å². The number of amides is 1. The zero-order valence-electron chi connectivity index (χ0n) is 13.8. The molecule has 0 saturated carbocycles. The van der Waals surface area contributed by atoms with Gasteiger partial charge in [0.05, 0.1) is 0 Å². The average Bonchev–Trinajstić information content (AvgIpc) is 2.92. The van der Waals surface area contributed by atoms with E-state index in [0.29, 0.717) is 22.4 Å². The fourth-order valence-electron chi connectivity index (χ4n) is 2.42. The van der Waals surface area contributed by atoms with Crippen molar-refractivity contribution in [2.75, 3.05) is 5.32 Å². The predicted molar refractivity (Wildman–Crippen MR) is 100 cm³/mol. The third-order valence-electron chi connectivity index (χ3n) is 3.60. The Morgan fingerprint density at radius 3 is 2.65 bits per heavy atom. The summed E-state index contributed by atoms with van der Waals surface area (Å²) in [5, 5.41) is 13.0. The molecule has 7 heteroatoms. The van der Waals surface area contributed by atoms with Crippen LogP contribution in [0.15, 0.2) is 53.0 Å². The van der Waals surface area contributed by atoms with Gasteiger partial charge in [0.2, 0.25) is 17.4 Å². The molecule has 6 nitrogen and oxygen atoms in total. The number of anilines is 1. The number of aromatic hydroxyl groups is 1. The van der Waals surface area contributed by atoms with Gasteiger partial charge in [0, 0.05) is 29.3 Å². The summed E-state index contributed by atoms with van der Waals surface area (Å²) in [5.41, 5.74) is 0.877. The van der Waals surface area contributed by atoms with Crippen molar-refractivity contribution in [3.8, 4) is 11.5 Å². The van der Waals surface area contributed by atoms with Crippen molar-refractivity contribution in [2.45, 2.75) is 13.3 Å². The number of nitrogens with one attached hydrogen (secondary N) is 1. The lowest BCUT2D eigenvalue weighted by atomic mass is 10.0. The molecule has 26 heavy (non-hydrogen) atoms. The smallest absolute Gasteiger partial charge is 0.308 e. The van der Waals surface area contributed by atoms with Crippen LogP contribution in [0.1, 0.15) is 29.5 Å². The minimum atomic E-state index is -0.664. The average molecular weight is 369 g/mol. The molecule has 1 aliphatic carbocycles. The summed E-state index contributed by atoms with van der Waals surface area (Å²) in [6, 6.07) is 8.44. The van der Waals surface area contributed by atoms with E-state index in [4.69, 9.17) is 21.4 Å². The summed E-state index contributed by atoms with van der Waals surface area (Å²) in [6.45, 7) is 1.18. The Labute approximate surface area is 154 Å². The Morgan fingerprint density at radius 2 is 2.00 bits per heavy atom. The number of thiocarbonyl (C=S) groups is 1. The Bertz CT molecular complexity index is 940. The number of furan rings is 1. The molecule has 0 aliphatic heterocycles. The molecule has 2 aromatic rings. The number of benzene rings is 1. The largest absolute Gasteiger partial charge is 0.502 e. The van der Waals surface area contributed by atoms with Gasteiger partial charge in [-0.15, -0.1) is 0 Å². The lowest BCUT2D eigenvalue weighted by Crippen LogP contribution is -2.12. The molecule has 2 N–H and O–H groups in total. The van der Waals surface area contributed by atoms with Crippen LogP contribution in [-0.4, -0.2) is 21.8 Å². The monoisotopic (exact) mass is 369 g/mol. The first-order valence-electron chi connectivity index (χ1n) is 7.78. The molecular weight excluding hydrogens is 354 g/mol. The van der Waals surface area contributed by atoms with Gasteiger partial charge in [0.15, 0.2) is 5.76 Å². The maximum Gasteiger partial charge on any atom is 0.308 e. The highest BCUT2D eigenvalue weighted by atomic mass is 32.1. The summed E-state index contributed by atoms with van der Waals surface area (Å²) in [4.78, 5) is 24.3. The Morgan fingerprint density at radius 1 is 1.27 bits per heavy atom. The van der Waals surface area contributed by atoms with Gasteiger partial charge in [-0.2, -0.15) is 0 Å². The van der Waals surface area contributed by atoms with Crippen LogP contribution in [0, 0.1) is 0 Å². The van der Waals surface area contributed by atoms with Gasteiger partial charge in [-0.1, -0.05) is 48.6 Å². The quantitative estimate of drug-likeness (QED) is 0.628. The summed E-state index contributed by atoms with van der Waals surface area (Å²) in [5.74, 6) is -1.91. The molecule has 1 aliphatic rings. The first-order valence-corrected chi connectivity index (χ1v) is 8.19. The highest BCUT2D eigenvalue weighted by Gasteiger charge is 2.28. The first kappa shape index (κ1) is 17.6. The number of carbonyl (C=O) groups excluding carboxylic acids is 2. The summed E-state index contributed by atoms with van der Waals surface area (Å²) in [6.07, 6.45) is 5.86. The predicted octanol–water partition coefficient (Wildman–Crippen LogP) is 3.88. The zero-order chi connectivity index (χ0) is 18.7. The van der Waals surface area contributed by atoms with E-state index in [9.17, 15) is 14.7 Å². The third-order valence-corrected chi connectivity index (χ3v) is 3.98. The molecule has 3 rings (SSSR count). The molecule has 1 aromatic carbocycles. The van der Waals surface area contributed by atoms with Crippen LogP contribution in [0.4, 0.5) is 5.88 Å². The van der Waals surface area contributed by atoms with Crippen molar-refractivity contribution < 1.29 is 23.8 Å². The van der Waals surface area contributed by atoms with Gasteiger partial charge in [-0.05, 0) is 12.1 Å². The van der Waals surface area contributed by atoms with E-state index in [1.54, 1.807) is 42.5 Å². The number of carbonyl (C=O) groups is 2. The Kier molecular flexibility index (Phi) is 4.99. The molecule has 1 aromatic heterocycles. The number of hydrogen-bond donors (Lipinski definition) is 2. The molecule has 132 valence electrons. The Balaban J connectivity index is 2.01. The van der Waals surface area contributed by atoms with Crippen LogP contribution in [0.5, 0.6) is 11.5 Å². The zero-order valence-corrected chi connectivity index (χ0v) is 14.6. The van der Waals surface area contributed by atoms with E-state index in [0.717, 1.165) is 0 Å². The van der Waals surface area contributed by atoms with Gasteiger partial charge in [0.25, 0.3) is 5.91 Å². The maximum absolute atomic E-state index is 12.4. The number of rotatable bonds is 4. The van der Waals surface area contributed by atoms with E-state index in [1.807, 2.05) is 6.08 Å². The van der Waals surface area contributed by atoms with Crippen LogP contribution in [0.2, 0.25) is 0 Å². The van der Waals surface area contributed by atoms with Crippen molar-refractivity contribution in [3.05, 3.63) is 59.9 Å². The molecule has 0 saturated heterocycles.